The quantitative estimate of drug-likeness (QED) is 0.297. The summed E-state index contributed by atoms with van der Waals surface area (Å²) in [6.07, 6.45) is -4.46. The van der Waals surface area contributed by atoms with Gasteiger partial charge in [0.15, 0.2) is 6.10 Å². The molecule has 0 aliphatic carbocycles. The van der Waals surface area contributed by atoms with Gasteiger partial charge in [0, 0.05) is 25.0 Å². The highest BCUT2D eigenvalue weighted by Gasteiger charge is 2.38. The monoisotopic (exact) mass is 534 g/mol. The molecule has 0 fully saturated rings. The molecule has 3 aromatic rings. The topological polar surface area (TPSA) is 68.7 Å². The van der Waals surface area contributed by atoms with Crippen LogP contribution in [0.2, 0.25) is 0 Å². The molecule has 6 nitrogen and oxygen atoms in total. The van der Waals surface area contributed by atoms with Crippen LogP contribution in [0.1, 0.15) is 55.5 Å². The van der Waals surface area contributed by atoms with Crippen LogP contribution in [0.4, 0.5) is 18.0 Å². The van der Waals surface area contributed by atoms with Crippen molar-refractivity contribution < 1.29 is 32.2 Å². The third-order valence-electron chi connectivity index (χ3n) is 5.29. The lowest BCUT2D eigenvalue weighted by molar-refractivity contribution is -0.150. The molecule has 198 valence electrons. The predicted molar refractivity (Wildman–Crippen MR) is 134 cm³/mol. The number of benzene rings is 2. The standard InChI is InChI=1S/C27H29F3N2O4S/c1-18(33)35-23(24-31-14-15-37-24)22(16-19-10-12-21(13-11-19)27(28,29)30)32(25(34)36-26(2,3)4)17-20-8-6-5-7-9-20/h5-15,22-23H,16-17H2,1-4H3/t22-,23-/m0/s1. The van der Waals surface area contributed by atoms with Gasteiger partial charge in [-0.3, -0.25) is 9.69 Å². The molecule has 0 radical (unpaired) electrons. The van der Waals surface area contributed by atoms with Crippen molar-refractivity contribution in [2.45, 2.75) is 64.6 Å². The largest absolute Gasteiger partial charge is 0.453 e. The number of aromatic nitrogens is 1. The van der Waals surface area contributed by atoms with E-state index in [1.807, 2.05) is 30.3 Å². The average Bonchev–Trinajstić information content (AvgIpc) is 3.34. The van der Waals surface area contributed by atoms with Crippen LogP contribution in [-0.4, -0.2) is 33.6 Å². The minimum atomic E-state index is -4.48. The van der Waals surface area contributed by atoms with Crippen molar-refractivity contribution in [2.75, 3.05) is 0 Å². The van der Waals surface area contributed by atoms with Crippen LogP contribution in [0.3, 0.4) is 0 Å². The first kappa shape index (κ1) is 28.2. The average molecular weight is 535 g/mol. The van der Waals surface area contributed by atoms with Gasteiger partial charge in [0.2, 0.25) is 0 Å². The summed E-state index contributed by atoms with van der Waals surface area (Å²) in [7, 11) is 0. The van der Waals surface area contributed by atoms with Crippen LogP contribution in [0.5, 0.6) is 0 Å². The normalized spacial score (nSPS) is 13.5. The van der Waals surface area contributed by atoms with E-state index in [0.29, 0.717) is 10.6 Å². The molecule has 2 atom stereocenters. The maximum atomic E-state index is 13.5. The molecular weight excluding hydrogens is 505 g/mol. The summed E-state index contributed by atoms with van der Waals surface area (Å²) >= 11 is 1.25. The molecule has 0 bridgehead atoms. The molecule has 1 aromatic heterocycles. The number of alkyl halides is 3. The molecule has 0 saturated carbocycles. The fourth-order valence-corrected chi connectivity index (χ4v) is 4.44. The first-order chi connectivity index (χ1) is 17.3. The number of ether oxygens (including phenoxy) is 2. The number of hydrogen-bond donors (Lipinski definition) is 0. The van der Waals surface area contributed by atoms with Gasteiger partial charge in [-0.15, -0.1) is 11.3 Å². The molecule has 3 rings (SSSR count). The Hall–Kier alpha value is -3.40. The molecule has 10 heteroatoms. The predicted octanol–water partition coefficient (Wildman–Crippen LogP) is 6.81. The fourth-order valence-electron chi connectivity index (χ4n) is 3.72. The molecule has 2 aromatic carbocycles. The van der Waals surface area contributed by atoms with Crippen LogP contribution in [0, 0.1) is 0 Å². The molecule has 37 heavy (non-hydrogen) atoms. The lowest BCUT2D eigenvalue weighted by Gasteiger charge is -2.37. The zero-order chi connectivity index (χ0) is 27.2. The van der Waals surface area contributed by atoms with Crippen molar-refractivity contribution in [2.24, 2.45) is 0 Å². The van der Waals surface area contributed by atoms with Crippen LogP contribution in [-0.2, 0) is 33.4 Å². The Morgan fingerprint density at radius 3 is 2.16 bits per heavy atom. The molecule has 1 amide bonds. The van der Waals surface area contributed by atoms with Crippen LogP contribution in [0.25, 0.3) is 0 Å². The molecule has 0 aliphatic heterocycles. The van der Waals surface area contributed by atoms with Gasteiger partial charge in [0.25, 0.3) is 0 Å². The molecule has 0 saturated heterocycles. The van der Waals surface area contributed by atoms with Crippen LogP contribution in [0.15, 0.2) is 66.2 Å². The Morgan fingerprint density at radius 1 is 1.00 bits per heavy atom. The zero-order valence-corrected chi connectivity index (χ0v) is 21.8. The zero-order valence-electron chi connectivity index (χ0n) is 21.0. The van der Waals surface area contributed by atoms with E-state index in [1.165, 1.54) is 35.3 Å². The molecular formula is C27H29F3N2O4S. The van der Waals surface area contributed by atoms with E-state index in [2.05, 4.69) is 4.98 Å². The molecule has 0 aliphatic rings. The highest BCUT2D eigenvalue weighted by molar-refractivity contribution is 7.09. The van der Waals surface area contributed by atoms with Gasteiger partial charge in [0.1, 0.15) is 10.6 Å². The summed E-state index contributed by atoms with van der Waals surface area (Å²) in [5.74, 6) is -0.582. The van der Waals surface area contributed by atoms with Gasteiger partial charge in [-0.1, -0.05) is 42.5 Å². The summed E-state index contributed by atoms with van der Waals surface area (Å²) in [5.41, 5.74) is -0.277. The van der Waals surface area contributed by atoms with Crippen molar-refractivity contribution in [3.8, 4) is 0 Å². The first-order valence-corrected chi connectivity index (χ1v) is 12.5. The highest BCUT2D eigenvalue weighted by Crippen LogP contribution is 2.33. The minimum Gasteiger partial charge on any atom is -0.453 e. The lowest BCUT2D eigenvalue weighted by Crippen LogP contribution is -2.47. The Bertz CT molecular complexity index is 1160. The summed E-state index contributed by atoms with van der Waals surface area (Å²) in [6, 6.07) is 13.1. The number of carbonyl (C=O) groups is 2. The number of hydrogen-bond acceptors (Lipinski definition) is 6. The number of halogens is 3. The lowest BCUT2D eigenvalue weighted by atomic mass is 9.98. The third-order valence-corrected chi connectivity index (χ3v) is 6.12. The summed E-state index contributed by atoms with van der Waals surface area (Å²) in [4.78, 5) is 31.4. The van der Waals surface area contributed by atoms with Gasteiger partial charge in [-0.2, -0.15) is 13.2 Å². The molecule has 0 unspecified atom stereocenters. The van der Waals surface area contributed by atoms with Gasteiger partial charge in [-0.25, -0.2) is 9.78 Å². The number of carbonyl (C=O) groups excluding carboxylic acids is 2. The number of thiazole rings is 1. The van der Waals surface area contributed by atoms with Crippen molar-refractivity contribution in [1.29, 1.82) is 0 Å². The Labute approximate surface area is 218 Å². The first-order valence-electron chi connectivity index (χ1n) is 11.6. The Balaban J connectivity index is 2.09. The fraction of sp³-hybridized carbons (Fsp3) is 0.370. The molecule has 1 heterocycles. The Morgan fingerprint density at radius 2 is 1.65 bits per heavy atom. The smallest absolute Gasteiger partial charge is 0.416 e. The van der Waals surface area contributed by atoms with E-state index < -0.39 is 41.5 Å². The van der Waals surface area contributed by atoms with Crippen molar-refractivity contribution >= 4 is 23.4 Å². The van der Waals surface area contributed by atoms with E-state index in [-0.39, 0.29) is 13.0 Å². The number of rotatable bonds is 8. The van der Waals surface area contributed by atoms with Gasteiger partial charge in [-0.05, 0) is 50.5 Å². The molecule has 0 N–H and O–H groups in total. The molecule has 0 spiro atoms. The third kappa shape index (κ3) is 8.31. The van der Waals surface area contributed by atoms with Crippen LogP contribution >= 0.6 is 11.3 Å². The second-order valence-electron chi connectivity index (χ2n) is 9.46. The van der Waals surface area contributed by atoms with E-state index in [9.17, 15) is 22.8 Å². The summed E-state index contributed by atoms with van der Waals surface area (Å²) in [5, 5.41) is 2.17. The minimum absolute atomic E-state index is 0.0851. The van der Waals surface area contributed by atoms with Crippen molar-refractivity contribution in [1.82, 2.24) is 9.88 Å². The maximum Gasteiger partial charge on any atom is 0.416 e. The number of amides is 1. The van der Waals surface area contributed by atoms with E-state index in [0.717, 1.165) is 17.7 Å². The SMILES string of the molecule is CC(=O)O[C@H](c1nccs1)[C@H](Cc1ccc(C(F)(F)F)cc1)N(Cc1ccccc1)C(=O)OC(C)(C)C. The van der Waals surface area contributed by atoms with Crippen molar-refractivity contribution in [3.05, 3.63) is 87.9 Å². The van der Waals surface area contributed by atoms with E-state index >= 15 is 0 Å². The number of nitrogens with zero attached hydrogens (tertiary/aromatic N) is 2. The number of esters is 1. The van der Waals surface area contributed by atoms with Gasteiger partial charge in [0.05, 0.1) is 11.6 Å². The summed E-state index contributed by atoms with van der Waals surface area (Å²) in [6.45, 7) is 6.58. The second-order valence-corrected chi connectivity index (χ2v) is 10.4. The summed E-state index contributed by atoms with van der Waals surface area (Å²) < 4.78 is 50.8. The van der Waals surface area contributed by atoms with Crippen LogP contribution < -0.4 is 0 Å². The van der Waals surface area contributed by atoms with Crippen molar-refractivity contribution in [3.63, 3.8) is 0 Å². The van der Waals surface area contributed by atoms with Gasteiger partial charge < -0.3 is 9.47 Å². The highest BCUT2D eigenvalue weighted by atomic mass is 32.1. The van der Waals surface area contributed by atoms with E-state index in [1.54, 1.807) is 32.3 Å². The second kappa shape index (κ2) is 11.8. The van der Waals surface area contributed by atoms with Gasteiger partial charge >= 0.3 is 18.2 Å². The Kier molecular flexibility index (Phi) is 8.96. The van der Waals surface area contributed by atoms with E-state index in [4.69, 9.17) is 9.47 Å². The maximum absolute atomic E-state index is 13.5.